The van der Waals surface area contributed by atoms with E-state index in [4.69, 9.17) is 9.15 Å². The summed E-state index contributed by atoms with van der Waals surface area (Å²) >= 11 is 0. The lowest BCUT2D eigenvalue weighted by atomic mass is 10.3. The molecule has 1 amide bonds. The van der Waals surface area contributed by atoms with Crippen molar-refractivity contribution in [1.29, 1.82) is 0 Å². The summed E-state index contributed by atoms with van der Waals surface area (Å²) in [5.41, 5.74) is 0. The number of carbonyl (C=O) groups excluding carboxylic acids is 1. The first-order valence-electron chi connectivity index (χ1n) is 6.87. The Morgan fingerprint density at radius 3 is 2.68 bits per heavy atom. The highest BCUT2D eigenvalue weighted by molar-refractivity contribution is 14.0. The van der Waals surface area contributed by atoms with Gasteiger partial charge >= 0.3 is 0 Å². The van der Waals surface area contributed by atoms with E-state index in [1.807, 2.05) is 12.1 Å². The molecule has 0 saturated carbocycles. The first-order valence-corrected chi connectivity index (χ1v) is 6.87. The van der Waals surface area contributed by atoms with Crippen LogP contribution < -0.4 is 10.6 Å². The number of hydrogen-bond donors (Lipinski definition) is 2. The molecule has 0 unspecified atom stereocenters. The Balaban J connectivity index is 0.00000441. The highest BCUT2D eigenvalue weighted by Crippen LogP contribution is 1.99. The molecule has 0 radical (unpaired) electrons. The average Bonchev–Trinajstić information content (AvgIpc) is 2.97. The minimum atomic E-state index is -0.0473. The molecule has 1 rings (SSSR count). The molecule has 1 heterocycles. The van der Waals surface area contributed by atoms with E-state index in [2.05, 4.69) is 15.6 Å². The molecule has 0 aliphatic rings. The summed E-state index contributed by atoms with van der Waals surface area (Å²) in [4.78, 5) is 17.3. The van der Waals surface area contributed by atoms with Crippen LogP contribution in [0.4, 0.5) is 0 Å². The number of rotatable bonds is 8. The third kappa shape index (κ3) is 8.88. The first-order chi connectivity index (χ1) is 10.1. The van der Waals surface area contributed by atoms with E-state index >= 15 is 0 Å². The number of nitrogens with zero attached hydrogens (tertiary/aromatic N) is 2. The smallest absolute Gasteiger partial charge is 0.243 e. The third-order valence-electron chi connectivity index (χ3n) is 2.71. The van der Waals surface area contributed by atoms with Gasteiger partial charge in [-0.15, -0.1) is 24.0 Å². The van der Waals surface area contributed by atoms with Crippen molar-refractivity contribution < 1.29 is 13.9 Å². The third-order valence-corrected chi connectivity index (χ3v) is 2.71. The van der Waals surface area contributed by atoms with Crippen LogP contribution >= 0.6 is 24.0 Å². The van der Waals surface area contributed by atoms with Crippen LogP contribution in [-0.4, -0.2) is 64.2 Å². The zero-order valence-electron chi connectivity index (χ0n) is 13.3. The van der Waals surface area contributed by atoms with E-state index in [0.29, 0.717) is 25.7 Å². The fraction of sp³-hybridized carbons (Fsp3) is 0.571. The summed E-state index contributed by atoms with van der Waals surface area (Å²) in [5.74, 6) is 1.45. The summed E-state index contributed by atoms with van der Waals surface area (Å²) < 4.78 is 10.2. The Labute approximate surface area is 148 Å². The van der Waals surface area contributed by atoms with Crippen molar-refractivity contribution in [3.8, 4) is 0 Å². The van der Waals surface area contributed by atoms with Crippen LogP contribution in [-0.2, 0) is 16.0 Å². The number of hydrogen-bond acceptors (Lipinski definition) is 4. The fourth-order valence-corrected chi connectivity index (χ4v) is 1.49. The van der Waals surface area contributed by atoms with E-state index in [1.54, 1.807) is 27.5 Å². The fourth-order valence-electron chi connectivity index (χ4n) is 1.49. The topological polar surface area (TPSA) is 79.1 Å². The average molecular weight is 424 g/mol. The Morgan fingerprint density at radius 2 is 2.09 bits per heavy atom. The number of furan rings is 1. The van der Waals surface area contributed by atoms with Crippen LogP contribution in [0, 0.1) is 0 Å². The van der Waals surface area contributed by atoms with Gasteiger partial charge in [0.2, 0.25) is 5.91 Å². The molecule has 1 aromatic rings. The molecule has 7 nitrogen and oxygen atoms in total. The van der Waals surface area contributed by atoms with Gasteiger partial charge in [0.25, 0.3) is 0 Å². The quantitative estimate of drug-likeness (QED) is 0.278. The Bertz CT molecular complexity index is 435. The molecule has 0 spiro atoms. The van der Waals surface area contributed by atoms with Gasteiger partial charge in [0, 0.05) is 40.7 Å². The summed E-state index contributed by atoms with van der Waals surface area (Å²) in [6.45, 7) is 1.97. The van der Waals surface area contributed by atoms with Crippen LogP contribution in [0.5, 0.6) is 0 Å². The van der Waals surface area contributed by atoms with Gasteiger partial charge in [0.15, 0.2) is 5.96 Å². The van der Waals surface area contributed by atoms with Crippen LogP contribution in [0.25, 0.3) is 0 Å². The number of guanidine groups is 1. The molecular weight excluding hydrogens is 399 g/mol. The molecule has 22 heavy (non-hydrogen) atoms. The maximum atomic E-state index is 11.6. The number of carbonyl (C=O) groups is 1. The van der Waals surface area contributed by atoms with Gasteiger partial charge in [-0.05, 0) is 12.1 Å². The van der Waals surface area contributed by atoms with Gasteiger partial charge in [-0.3, -0.25) is 4.79 Å². The Kier molecular flexibility index (Phi) is 11.6. The lowest BCUT2D eigenvalue weighted by Gasteiger charge is -2.13. The lowest BCUT2D eigenvalue weighted by Crippen LogP contribution is -2.40. The van der Waals surface area contributed by atoms with Crippen molar-refractivity contribution in [3.05, 3.63) is 24.2 Å². The zero-order valence-corrected chi connectivity index (χ0v) is 15.6. The number of amides is 1. The monoisotopic (exact) mass is 424 g/mol. The summed E-state index contributed by atoms with van der Waals surface area (Å²) in [7, 11) is 5.05. The molecule has 0 atom stereocenters. The van der Waals surface area contributed by atoms with Crippen LogP contribution in [0.2, 0.25) is 0 Å². The van der Waals surface area contributed by atoms with Gasteiger partial charge in [-0.2, -0.15) is 0 Å². The first kappa shape index (κ1) is 20.7. The molecule has 0 aromatic carbocycles. The van der Waals surface area contributed by atoms with Crippen molar-refractivity contribution in [2.45, 2.75) is 6.42 Å². The number of nitrogens with one attached hydrogen (secondary N) is 2. The summed E-state index contributed by atoms with van der Waals surface area (Å²) in [5, 5.41) is 6.27. The van der Waals surface area contributed by atoms with E-state index < -0.39 is 0 Å². The van der Waals surface area contributed by atoms with Crippen molar-refractivity contribution in [2.75, 3.05) is 47.4 Å². The van der Waals surface area contributed by atoms with Gasteiger partial charge in [0.05, 0.1) is 12.9 Å². The SMILES string of the molecule is COCCNC(=NCC(=O)N(C)C)NCCc1ccco1.I. The van der Waals surface area contributed by atoms with Crippen LogP contribution in [0.15, 0.2) is 27.8 Å². The molecule has 0 aliphatic heterocycles. The predicted molar refractivity (Wildman–Crippen MR) is 96.7 cm³/mol. The molecule has 8 heteroatoms. The minimum Gasteiger partial charge on any atom is -0.469 e. The number of aliphatic imine (C=N–C) groups is 1. The lowest BCUT2D eigenvalue weighted by molar-refractivity contribution is -0.127. The highest BCUT2D eigenvalue weighted by Gasteiger charge is 2.04. The zero-order chi connectivity index (χ0) is 15.5. The van der Waals surface area contributed by atoms with E-state index in [0.717, 1.165) is 12.2 Å². The van der Waals surface area contributed by atoms with Crippen molar-refractivity contribution in [3.63, 3.8) is 0 Å². The van der Waals surface area contributed by atoms with Crippen molar-refractivity contribution in [2.24, 2.45) is 4.99 Å². The molecule has 2 N–H and O–H groups in total. The summed E-state index contributed by atoms with van der Waals surface area (Å²) in [6, 6.07) is 3.78. The number of likely N-dealkylation sites (N-methyl/N-ethyl adjacent to an activating group) is 1. The summed E-state index contributed by atoms with van der Waals surface area (Å²) in [6.07, 6.45) is 2.40. The van der Waals surface area contributed by atoms with Crippen molar-refractivity contribution >= 4 is 35.8 Å². The normalized spacial score (nSPS) is 10.8. The van der Waals surface area contributed by atoms with E-state index in [9.17, 15) is 4.79 Å². The second-order valence-corrected chi connectivity index (χ2v) is 4.63. The molecule has 0 saturated heterocycles. The Morgan fingerprint density at radius 1 is 1.36 bits per heavy atom. The molecule has 0 bridgehead atoms. The maximum absolute atomic E-state index is 11.6. The Hall–Kier alpha value is -1.29. The minimum absolute atomic E-state index is 0. The second-order valence-electron chi connectivity index (χ2n) is 4.63. The number of methoxy groups -OCH3 is 1. The standard InChI is InChI=1S/C14H24N4O3.HI/c1-18(2)13(19)11-17-14(16-8-10-20-3)15-7-6-12-5-4-9-21-12;/h4-5,9H,6-8,10-11H2,1-3H3,(H2,15,16,17);1H. The van der Waals surface area contributed by atoms with Crippen LogP contribution in [0.1, 0.15) is 5.76 Å². The molecule has 0 fully saturated rings. The number of ether oxygens (including phenoxy) is 1. The van der Waals surface area contributed by atoms with E-state index in [-0.39, 0.29) is 36.4 Å². The van der Waals surface area contributed by atoms with E-state index in [1.165, 1.54) is 4.90 Å². The molecular formula is C14H25IN4O3. The highest BCUT2D eigenvalue weighted by atomic mass is 127. The van der Waals surface area contributed by atoms with Gasteiger partial charge < -0.3 is 24.7 Å². The van der Waals surface area contributed by atoms with Crippen molar-refractivity contribution in [1.82, 2.24) is 15.5 Å². The molecule has 126 valence electrons. The predicted octanol–water partition coefficient (Wildman–Crippen LogP) is 0.710. The largest absolute Gasteiger partial charge is 0.469 e. The van der Waals surface area contributed by atoms with Crippen LogP contribution in [0.3, 0.4) is 0 Å². The maximum Gasteiger partial charge on any atom is 0.243 e. The van der Waals surface area contributed by atoms with Gasteiger partial charge in [0.1, 0.15) is 12.3 Å². The molecule has 1 aromatic heterocycles. The van der Waals surface area contributed by atoms with Gasteiger partial charge in [-0.1, -0.05) is 0 Å². The van der Waals surface area contributed by atoms with Gasteiger partial charge in [-0.25, -0.2) is 4.99 Å². The number of halogens is 1. The molecule has 0 aliphatic carbocycles. The second kappa shape index (κ2) is 12.3.